The van der Waals surface area contributed by atoms with E-state index in [0.29, 0.717) is 13.1 Å². The molecule has 4 nitrogen and oxygen atoms in total. The van der Waals surface area contributed by atoms with Gasteiger partial charge in [0.05, 0.1) is 6.10 Å². The minimum atomic E-state index is -0.461. The molecule has 0 saturated carbocycles. The van der Waals surface area contributed by atoms with Gasteiger partial charge in [0.2, 0.25) is 0 Å². The molecule has 17 heavy (non-hydrogen) atoms. The van der Waals surface area contributed by atoms with Gasteiger partial charge in [0.25, 0.3) is 0 Å². The Kier molecular flexibility index (Phi) is 5.07. The number of amides is 1. The van der Waals surface area contributed by atoms with Crippen molar-refractivity contribution in [3.8, 4) is 0 Å². The molecule has 1 N–H and O–H groups in total. The lowest BCUT2D eigenvalue weighted by Gasteiger charge is -2.34. The van der Waals surface area contributed by atoms with Crippen LogP contribution >= 0.6 is 11.6 Å². The summed E-state index contributed by atoms with van der Waals surface area (Å²) in [6.45, 7) is 6.83. The fraction of sp³-hybridized carbons (Fsp3) is 0.917. The largest absolute Gasteiger partial charge is 0.444 e. The zero-order valence-corrected chi connectivity index (χ0v) is 11.5. The van der Waals surface area contributed by atoms with E-state index in [1.165, 1.54) is 0 Å². The average Bonchev–Trinajstić information content (AvgIpc) is 2.26. The third-order valence-electron chi connectivity index (χ3n) is 2.89. The highest BCUT2D eigenvalue weighted by Crippen LogP contribution is 2.22. The molecule has 0 aromatic heterocycles. The number of carbonyl (C=O) groups is 1. The number of hydrogen-bond donors (Lipinski definition) is 1. The summed E-state index contributed by atoms with van der Waals surface area (Å²) >= 11 is 5.62. The van der Waals surface area contributed by atoms with Gasteiger partial charge in [-0.2, -0.15) is 0 Å². The Morgan fingerprint density at radius 1 is 1.47 bits per heavy atom. The summed E-state index contributed by atoms with van der Waals surface area (Å²) in [4.78, 5) is 13.5. The standard InChI is InChI=1S/C12H22ClNO3/c1-12(2,3)17-11(16)14-6-4-9(5-7-14)10(15)8-13/h9-10,15H,4-8H2,1-3H3. The zero-order valence-electron chi connectivity index (χ0n) is 10.8. The van der Waals surface area contributed by atoms with Gasteiger partial charge in [-0.1, -0.05) is 0 Å². The Morgan fingerprint density at radius 2 is 2.00 bits per heavy atom. The molecule has 0 aromatic carbocycles. The SMILES string of the molecule is CC(C)(C)OC(=O)N1CCC(C(O)CCl)CC1. The van der Waals surface area contributed by atoms with E-state index in [9.17, 15) is 9.90 Å². The maximum Gasteiger partial charge on any atom is 0.410 e. The van der Waals surface area contributed by atoms with Gasteiger partial charge in [-0.05, 0) is 39.5 Å². The van der Waals surface area contributed by atoms with Gasteiger partial charge in [0.15, 0.2) is 0 Å². The third kappa shape index (κ3) is 4.72. The molecule has 1 rings (SSSR count). The van der Waals surface area contributed by atoms with Gasteiger partial charge in [-0.3, -0.25) is 0 Å². The fourth-order valence-corrected chi connectivity index (χ4v) is 2.17. The van der Waals surface area contributed by atoms with Crippen LogP contribution in [0.15, 0.2) is 0 Å². The molecular formula is C12H22ClNO3. The molecule has 0 aromatic rings. The first-order chi connectivity index (χ1) is 7.83. The lowest BCUT2D eigenvalue weighted by atomic mass is 9.92. The number of halogens is 1. The molecule has 0 radical (unpaired) electrons. The van der Waals surface area contributed by atoms with Crippen molar-refractivity contribution >= 4 is 17.7 Å². The van der Waals surface area contributed by atoms with Crippen molar-refractivity contribution in [2.45, 2.75) is 45.3 Å². The molecule has 1 heterocycles. The van der Waals surface area contributed by atoms with Gasteiger partial charge < -0.3 is 14.7 Å². The molecule has 1 aliphatic heterocycles. The summed E-state index contributed by atoms with van der Waals surface area (Å²) in [5, 5.41) is 9.63. The average molecular weight is 264 g/mol. The van der Waals surface area contributed by atoms with Gasteiger partial charge >= 0.3 is 6.09 Å². The van der Waals surface area contributed by atoms with Crippen LogP contribution in [0.1, 0.15) is 33.6 Å². The van der Waals surface area contributed by atoms with Crippen molar-refractivity contribution in [2.24, 2.45) is 5.92 Å². The predicted octanol–water partition coefficient (Wildman–Crippen LogP) is 2.23. The number of rotatable bonds is 2. The van der Waals surface area contributed by atoms with E-state index in [0.717, 1.165) is 12.8 Å². The van der Waals surface area contributed by atoms with E-state index in [4.69, 9.17) is 16.3 Å². The summed E-state index contributed by atoms with van der Waals surface area (Å²) in [5.74, 6) is 0.461. The van der Waals surface area contributed by atoms with Crippen LogP contribution in [0.4, 0.5) is 4.79 Å². The second-order valence-corrected chi connectivity index (χ2v) is 5.84. The molecule has 1 aliphatic rings. The van der Waals surface area contributed by atoms with Crippen LogP contribution in [-0.2, 0) is 4.74 Å². The van der Waals surface area contributed by atoms with Crippen LogP contribution in [0.25, 0.3) is 0 Å². The number of aliphatic hydroxyl groups excluding tert-OH is 1. The lowest BCUT2D eigenvalue weighted by Crippen LogP contribution is -2.43. The number of carbonyl (C=O) groups excluding carboxylic acids is 1. The molecule has 1 amide bonds. The molecule has 1 unspecified atom stereocenters. The van der Waals surface area contributed by atoms with E-state index in [1.807, 2.05) is 20.8 Å². The fourth-order valence-electron chi connectivity index (χ4n) is 1.92. The van der Waals surface area contributed by atoms with Crippen LogP contribution in [0, 0.1) is 5.92 Å². The maximum absolute atomic E-state index is 11.8. The predicted molar refractivity (Wildman–Crippen MR) is 67.3 cm³/mol. The summed E-state index contributed by atoms with van der Waals surface area (Å²) in [6, 6.07) is 0. The highest BCUT2D eigenvalue weighted by Gasteiger charge is 2.29. The first-order valence-corrected chi connectivity index (χ1v) is 6.59. The van der Waals surface area contributed by atoms with Gasteiger partial charge in [-0.15, -0.1) is 11.6 Å². The van der Waals surface area contributed by atoms with Gasteiger partial charge in [-0.25, -0.2) is 4.79 Å². The molecule has 1 atom stereocenters. The van der Waals surface area contributed by atoms with Crippen LogP contribution in [-0.4, -0.2) is 46.8 Å². The molecule has 0 spiro atoms. The Labute approximate surface area is 108 Å². The van der Waals surface area contributed by atoms with Crippen molar-refractivity contribution < 1.29 is 14.6 Å². The number of alkyl halides is 1. The summed E-state index contributed by atoms with van der Waals surface area (Å²) < 4.78 is 5.30. The number of hydrogen-bond acceptors (Lipinski definition) is 3. The van der Waals surface area contributed by atoms with Gasteiger partial charge in [0, 0.05) is 19.0 Å². The van der Waals surface area contributed by atoms with Crippen molar-refractivity contribution in [1.82, 2.24) is 4.90 Å². The highest BCUT2D eigenvalue weighted by molar-refractivity contribution is 6.18. The summed E-state index contributed by atoms with van der Waals surface area (Å²) in [5.41, 5.74) is -0.455. The van der Waals surface area contributed by atoms with Crippen LogP contribution < -0.4 is 0 Å². The number of ether oxygens (including phenoxy) is 1. The van der Waals surface area contributed by atoms with E-state index < -0.39 is 11.7 Å². The molecule has 0 bridgehead atoms. The Morgan fingerprint density at radius 3 is 2.41 bits per heavy atom. The molecule has 5 heteroatoms. The second-order valence-electron chi connectivity index (χ2n) is 5.53. The Balaban J connectivity index is 2.39. The van der Waals surface area contributed by atoms with Crippen LogP contribution in [0.3, 0.4) is 0 Å². The van der Waals surface area contributed by atoms with Crippen molar-refractivity contribution in [3.05, 3.63) is 0 Å². The minimum absolute atomic E-state index is 0.200. The summed E-state index contributed by atoms with van der Waals surface area (Å²) in [6.07, 6.45) is 0.842. The van der Waals surface area contributed by atoms with E-state index >= 15 is 0 Å². The quantitative estimate of drug-likeness (QED) is 0.778. The number of likely N-dealkylation sites (tertiary alicyclic amines) is 1. The maximum atomic E-state index is 11.8. The van der Waals surface area contributed by atoms with Crippen molar-refractivity contribution in [2.75, 3.05) is 19.0 Å². The van der Waals surface area contributed by atoms with E-state index in [-0.39, 0.29) is 17.9 Å². The summed E-state index contributed by atoms with van der Waals surface area (Å²) in [7, 11) is 0. The molecular weight excluding hydrogens is 242 g/mol. The smallest absolute Gasteiger partial charge is 0.410 e. The molecule has 0 aliphatic carbocycles. The Bertz CT molecular complexity index is 257. The topological polar surface area (TPSA) is 49.8 Å². The number of piperidine rings is 1. The normalized spacial score (nSPS) is 20.2. The van der Waals surface area contributed by atoms with Crippen LogP contribution in [0.2, 0.25) is 0 Å². The number of aliphatic hydroxyl groups is 1. The zero-order chi connectivity index (χ0) is 13.1. The Hall–Kier alpha value is -0.480. The first-order valence-electron chi connectivity index (χ1n) is 6.05. The van der Waals surface area contributed by atoms with E-state index in [1.54, 1.807) is 4.90 Å². The second kappa shape index (κ2) is 5.91. The molecule has 100 valence electrons. The van der Waals surface area contributed by atoms with E-state index in [2.05, 4.69) is 0 Å². The number of nitrogens with zero attached hydrogens (tertiary/aromatic N) is 1. The van der Waals surface area contributed by atoms with Crippen molar-refractivity contribution in [3.63, 3.8) is 0 Å². The molecule has 1 fully saturated rings. The van der Waals surface area contributed by atoms with Crippen molar-refractivity contribution in [1.29, 1.82) is 0 Å². The highest BCUT2D eigenvalue weighted by atomic mass is 35.5. The first kappa shape index (κ1) is 14.6. The van der Waals surface area contributed by atoms with Gasteiger partial charge in [0.1, 0.15) is 5.60 Å². The van der Waals surface area contributed by atoms with Crippen LogP contribution in [0.5, 0.6) is 0 Å². The minimum Gasteiger partial charge on any atom is -0.444 e. The molecule has 1 saturated heterocycles. The third-order valence-corrected chi connectivity index (χ3v) is 3.21. The monoisotopic (exact) mass is 263 g/mol. The lowest BCUT2D eigenvalue weighted by molar-refractivity contribution is 0.0103.